The Morgan fingerprint density at radius 3 is 2.17 bits per heavy atom. The highest BCUT2D eigenvalue weighted by Crippen LogP contribution is 2.57. The van der Waals surface area contributed by atoms with Crippen molar-refractivity contribution in [2.45, 2.75) is 164 Å². The number of benzene rings is 1. The number of hydrogen-bond donors (Lipinski definition) is 1. The predicted octanol–water partition coefficient (Wildman–Crippen LogP) is 8.02. The van der Waals surface area contributed by atoms with Gasteiger partial charge in [-0.15, -0.1) is 0 Å². The fraction of sp³-hybridized carbons (Fsp3) is 0.842. The van der Waals surface area contributed by atoms with Gasteiger partial charge in [0.1, 0.15) is 12.5 Å². The maximum atomic E-state index is 7.33. The van der Waals surface area contributed by atoms with Crippen LogP contribution < -0.4 is 5.32 Å². The van der Waals surface area contributed by atoms with E-state index in [0.29, 0.717) is 36.3 Å². The first-order chi connectivity index (χ1) is 20.8. The number of ether oxygens (including phenoxy) is 2. The molecule has 4 heteroatoms. The van der Waals surface area contributed by atoms with Crippen LogP contribution in [0, 0.1) is 35.5 Å². The van der Waals surface area contributed by atoms with Gasteiger partial charge in [-0.05, 0) is 112 Å². The molecule has 13 atom stereocenters. The van der Waals surface area contributed by atoms with Gasteiger partial charge in [-0.1, -0.05) is 75.3 Å². The summed E-state index contributed by atoms with van der Waals surface area (Å²) >= 11 is 0. The molecule has 0 spiro atoms. The molecule has 3 heterocycles. The Bertz CT molecular complexity index is 1070. The molecule has 0 radical (unpaired) electrons. The first kappa shape index (κ1) is 27.4. The largest absolute Gasteiger partial charge is 0.373 e. The van der Waals surface area contributed by atoms with Crippen LogP contribution in [0.25, 0.3) is 0 Å². The zero-order valence-electron chi connectivity index (χ0n) is 26.0. The van der Waals surface area contributed by atoms with Crippen molar-refractivity contribution >= 4 is 0 Å². The van der Waals surface area contributed by atoms with Crippen LogP contribution in [0.1, 0.15) is 127 Å². The molecule has 9 rings (SSSR count). The van der Waals surface area contributed by atoms with Crippen molar-refractivity contribution in [3.63, 3.8) is 0 Å². The van der Waals surface area contributed by atoms with Crippen molar-refractivity contribution in [3.8, 4) is 0 Å². The Labute approximate surface area is 255 Å². The molecule has 0 bridgehead atoms. The van der Waals surface area contributed by atoms with E-state index in [1.54, 1.807) is 5.56 Å². The molecule has 8 aliphatic rings. The Kier molecular flexibility index (Phi) is 7.46. The molecule has 3 aliphatic heterocycles. The van der Waals surface area contributed by atoms with Gasteiger partial charge in [0.25, 0.3) is 0 Å². The number of likely N-dealkylation sites (tertiary alicyclic amines) is 1. The van der Waals surface area contributed by atoms with E-state index >= 15 is 0 Å². The number of hydrogen-bond acceptors (Lipinski definition) is 4. The van der Waals surface area contributed by atoms with Crippen molar-refractivity contribution in [1.82, 2.24) is 10.2 Å². The average Bonchev–Trinajstić information content (AvgIpc) is 3.57. The molecule has 5 aliphatic carbocycles. The Morgan fingerprint density at radius 2 is 1.29 bits per heavy atom. The van der Waals surface area contributed by atoms with Gasteiger partial charge in [0.05, 0.1) is 12.2 Å². The molecular formula is C38H56N2O2. The van der Waals surface area contributed by atoms with Crippen LogP contribution in [0.15, 0.2) is 30.3 Å². The van der Waals surface area contributed by atoms with Crippen LogP contribution in [0.4, 0.5) is 0 Å². The topological polar surface area (TPSA) is 33.7 Å². The van der Waals surface area contributed by atoms with Crippen LogP contribution >= 0.6 is 0 Å². The van der Waals surface area contributed by atoms with Gasteiger partial charge in [0.2, 0.25) is 0 Å². The average molecular weight is 573 g/mol. The minimum absolute atomic E-state index is 0.288. The SMILES string of the molecule is c1ccc(C2CCC3C4CCCCC4N(C4CCCC5C4OC4CCCC(C6NC(C7CCCCC7)O6)C45)C3C2)cc1. The molecule has 0 aromatic heterocycles. The minimum atomic E-state index is 0.288. The van der Waals surface area contributed by atoms with E-state index in [2.05, 4.69) is 40.5 Å². The lowest BCUT2D eigenvalue weighted by atomic mass is 9.66. The number of nitrogens with one attached hydrogen (secondary N) is 1. The summed E-state index contributed by atoms with van der Waals surface area (Å²) in [6.07, 6.45) is 26.7. The van der Waals surface area contributed by atoms with Gasteiger partial charge in [-0.2, -0.15) is 0 Å². The Morgan fingerprint density at radius 1 is 0.571 bits per heavy atom. The van der Waals surface area contributed by atoms with E-state index in [0.717, 1.165) is 41.7 Å². The van der Waals surface area contributed by atoms with Crippen molar-refractivity contribution in [2.24, 2.45) is 35.5 Å². The van der Waals surface area contributed by atoms with Gasteiger partial charge in [-0.25, -0.2) is 0 Å². The molecular weight excluding hydrogens is 516 g/mol. The third-order valence-corrected chi connectivity index (χ3v) is 14.3. The van der Waals surface area contributed by atoms with Crippen molar-refractivity contribution in [3.05, 3.63) is 35.9 Å². The molecule has 1 aromatic rings. The lowest BCUT2D eigenvalue weighted by Gasteiger charge is -2.51. The quantitative estimate of drug-likeness (QED) is 0.396. The molecule has 8 fully saturated rings. The fourth-order valence-corrected chi connectivity index (χ4v) is 12.6. The first-order valence-electron chi connectivity index (χ1n) is 18.7. The molecule has 3 saturated heterocycles. The highest BCUT2D eigenvalue weighted by Gasteiger charge is 2.60. The maximum Gasteiger partial charge on any atom is 0.115 e. The van der Waals surface area contributed by atoms with Crippen LogP contribution in [0.2, 0.25) is 0 Å². The van der Waals surface area contributed by atoms with Crippen LogP contribution in [0.5, 0.6) is 0 Å². The molecule has 4 nitrogen and oxygen atoms in total. The normalized spacial score (nSPS) is 49.4. The summed E-state index contributed by atoms with van der Waals surface area (Å²) in [6.45, 7) is 0. The van der Waals surface area contributed by atoms with Gasteiger partial charge in [0, 0.05) is 24.0 Å². The highest BCUT2D eigenvalue weighted by atomic mass is 16.6. The van der Waals surface area contributed by atoms with E-state index in [1.807, 2.05) is 0 Å². The highest BCUT2D eigenvalue weighted by molar-refractivity contribution is 5.22. The molecule has 13 unspecified atom stereocenters. The maximum absolute atomic E-state index is 7.33. The van der Waals surface area contributed by atoms with E-state index in [-0.39, 0.29) is 6.23 Å². The molecule has 0 amide bonds. The smallest absolute Gasteiger partial charge is 0.115 e. The number of nitrogens with zero attached hydrogens (tertiary/aromatic N) is 1. The van der Waals surface area contributed by atoms with Gasteiger partial charge in [0.15, 0.2) is 0 Å². The van der Waals surface area contributed by atoms with E-state index < -0.39 is 0 Å². The summed E-state index contributed by atoms with van der Waals surface area (Å²) < 4.78 is 14.1. The van der Waals surface area contributed by atoms with Crippen molar-refractivity contribution < 1.29 is 9.47 Å². The van der Waals surface area contributed by atoms with Crippen LogP contribution in [-0.4, -0.2) is 47.7 Å². The number of rotatable bonds is 4. The Hall–Kier alpha value is -0.940. The summed E-state index contributed by atoms with van der Waals surface area (Å²) in [5.74, 6) is 5.47. The van der Waals surface area contributed by atoms with E-state index in [1.165, 1.54) is 116 Å². The lowest BCUT2D eigenvalue weighted by Crippen LogP contribution is -2.64. The van der Waals surface area contributed by atoms with E-state index in [9.17, 15) is 0 Å². The van der Waals surface area contributed by atoms with Gasteiger partial charge in [-0.3, -0.25) is 10.2 Å². The predicted molar refractivity (Wildman–Crippen MR) is 167 cm³/mol. The second-order valence-corrected chi connectivity index (χ2v) is 16.1. The summed E-state index contributed by atoms with van der Waals surface area (Å²) in [4.78, 5) is 3.20. The second kappa shape index (κ2) is 11.5. The zero-order valence-corrected chi connectivity index (χ0v) is 26.0. The third-order valence-electron chi connectivity index (χ3n) is 14.3. The summed E-state index contributed by atoms with van der Waals surface area (Å²) in [6, 6.07) is 13.8. The summed E-state index contributed by atoms with van der Waals surface area (Å²) in [5, 5.41) is 4.00. The van der Waals surface area contributed by atoms with Gasteiger partial charge < -0.3 is 9.47 Å². The fourth-order valence-electron chi connectivity index (χ4n) is 12.6. The monoisotopic (exact) mass is 572 g/mol. The lowest BCUT2D eigenvalue weighted by molar-refractivity contribution is -0.227. The second-order valence-electron chi connectivity index (χ2n) is 16.1. The minimum Gasteiger partial charge on any atom is -0.373 e. The Balaban J connectivity index is 0.955. The first-order valence-corrected chi connectivity index (χ1v) is 18.7. The summed E-state index contributed by atoms with van der Waals surface area (Å²) in [7, 11) is 0. The van der Waals surface area contributed by atoms with Crippen molar-refractivity contribution in [1.29, 1.82) is 0 Å². The molecule has 230 valence electrons. The summed E-state index contributed by atoms with van der Waals surface area (Å²) in [5.41, 5.74) is 1.60. The van der Waals surface area contributed by atoms with Gasteiger partial charge >= 0.3 is 0 Å². The zero-order chi connectivity index (χ0) is 27.6. The van der Waals surface area contributed by atoms with Crippen LogP contribution in [0.3, 0.4) is 0 Å². The molecule has 1 N–H and O–H groups in total. The standard InChI is InChI=1S/C38H56N2O2/c1-3-11-24(12-4-1)26-21-22-28-27-15-7-8-18-31(27)40(33(28)23-26)32-19-9-16-29-35-30(17-10-20-34(35)41-36(29)32)38-39-37(42-38)25-13-5-2-6-14-25/h1,3-4,11-12,25-39H,2,5-10,13-23H2. The molecule has 5 saturated carbocycles. The number of fused-ring (bicyclic) bond motifs is 6. The molecule has 1 aromatic carbocycles. The van der Waals surface area contributed by atoms with Crippen LogP contribution in [-0.2, 0) is 9.47 Å². The van der Waals surface area contributed by atoms with Crippen molar-refractivity contribution in [2.75, 3.05) is 0 Å². The third kappa shape index (κ3) is 4.59. The molecule has 42 heavy (non-hydrogen) atoms. The van der Waals surface area contributed by atoms with E-state index in [4.69, 9.17) is 9.47 Å².